The molecule has 0 aliphatic rings. The van der Waals surface area contributed by atoms with E-state index in [2.05, 4.69) is 21.2 Å². The van der Waals surface area contributed by atoms with Crippen LogP contribution >= 0.6 is 27.5 Å². The summed E-state index contributed by atoms with van der Waals surface area (Å²) in [6, 6.07) is 8.15. The Morgan fingerprint density at radius 2 is 1.95 bits per heavy atom. The number of nitrogen functional groups attached to an aromatic ring is 1. The summed E-state index contributed by atoms with van der Waals surface area (Å²) in [6.07, 6.45) is -0.134. The monoisotopic (exact) mass is 372 g/mol. The zero-order valence-corrected chi connectivity index (χ0v) is 13.9. The minimum absolute atomic E-state index is 0.134. The van der Waals surface area contributed by atoms with Crippen LogP contribution in [0.15, 0.2) is 34.8 Å². The number of hydrogen-bond acceptors (Lipinski definition) is 3. The zero-order chi connectivity index (χ0) is 15.6. The van der Waals surface area contributed by atoms with Crippen LogP contribution < -0.4 is 15.8 Å². The number of halogens is 3. The normalized spacial score (nSPS) is 10.8. The molecule has 3 nitrogen and oxygen atoms in total. The van der Waals surface area contributed by atoms with Gasteiger partial charge in [-0.1, -0.05) is 27.5 Å². The van der Waals surface area contributed by atoms with E-state index in [0.29, 0.717) is 16.4 Å². The third-order valence-electron chi connectivity index (χ3n) is 2.66. The highest BCUT2D eigenvalue weighted by Gasteiger charge is 2.12. The summed E-state index contributed by atoms with van der Waals surface area (Å²) in [5, 5.41) is 3.62. The SMILES string of the molecule is CC(C)Oc1cc(Nc2cc(Br)ccc2Cl)c(N)cc1F. The van der Waals surface area contributed by atoms with Crippen LogP contribution in [0.5, 0.6) is 5.75 Å². The summed E-state index contributed by atoms with van der Waals surface area (Å²) in [7, 11) is 0. The minimum Gasteiger partial charge on any atom is -0.488 e. The van der Waals surface area contributed by atoms with Gasteiger partial charge in [-0.05, 0) is 32.0 Å². The summed E-state index contributed by atoms with van der Waals surface area (Å²) >= 11 is 9.50. The first-order chi connectivity index (χ1) is 9.86. The molecule has 3 N–H and O–H groups in total. The van der Waals surface area contributed by atoms with Gasteiger partial charge >= 0.3 is 0 Å². The molecule has 0 fully saturated rings. The van der Waals surface area contributed by atoms with Crippen molar-refractivity contribution in [1.29, 1.82) is 0 Å². The maximum Gasteiger partial charge on any atom is 0.167 e. The Hall–Kier alpha value is -1.46. The molecule has 0 amide bonds. The molecule has 2 aromatic carbocycles. The van der Waals surface area contributed by atoms with E-state index < -0.39 is 5.82 Å². The van der Waals surface area contributed by atoms with Crippen molar-refractivity contribution in [1.82, 2.24) is 0 Å². The fourth-order valence-corrected chi connectivity index (χ4v) is 2.29. The quantitative estimate of drug-likeness (QED) is 0.710. The highest BCUT2D eigenvalue weighted by Crippen LogP contribution is 2.34. The summed E-state index contributed by atoms with van der Waals surface area (Å²) in [4.78, 5) is 0. The highest BCUT2D eigenvalue weighted by atomic mass is 79.9. The van der Waals surface area contributed by atoms with Crippen LogP contribution in [-0.4, -0.2) is 6.10 Å². The molecule has 6 heteroatoms. The average Bonchev–Trinajstić information content (AvgIpc) is 2.39. The largest absolute Gasteiger partial charge is 0.488 e. The van der Waals surface area contributed by atoms with E-state index in [1.807, 2.05) is 26.0 Å². The van der Waals surface area contributed by atoms with Gasteiger partial charge < -0.3 is 15.8 Å². The lowest BCUT2D eigenvalue weighted by Crippen LogP contribution is -2.08. The molecular weight excluding hydrogens is 359 g/mol. The van der Waals surface area contributed by atoms with E-state index in [-0.39, 0.29) is 17.5 Å². The Balaban J connectivity index is 2.37. The van der Waals surface area contributed by atoms with E-state index in [1.165, 1.54) is 12.1 Å². The Morgan fingerprint density at radius 3 is 2.62 bits per heavy atom. The summed E-state index contributed by atoms with van der Waals surface area (Å²) in [5.74, 6) is -0.347. The lowest BCUT2D eigenvalue weighted by Gasteiger charge is -2.15. The van der Waals surface area contributed by atoms with Crippen LogP contribution in [-0.2, 0) is 0 Å². The zero-order valence-electron chi connectivity index (χ0n) is 11.6. The molecule has 0 atom stereocenters. The maximum absolute atomic E-state index is 13.8. The lowest BCUT2D eigenvalue weighted by molar-refractivity contribution is 0.231. The summed E-state index contributed by atoms with van der Waals surface area (Å²) in [6.45, 7) is 3.65. The van der Waals surface area contributed by atoms with Gasteiger partial charge in [-0.3, -0.25) is 0 Å². The van der Waals surface area contributed by atoms with Crippen molar-refractivity contribution in [3.05, 3.63) is 45.6 Å². The van der Waals surface area contributed by atoms with Gasteiger partial charge in [0.15, 0.2) is 11.6 Å². The predicted octanol–water partition coefficient (Wildman–Crippen LogP) is 5.35. The number of hydrogen-bond donors (Lipinski definition) is 2. The van der Waals surface area contributed by atoms with Crippen molar-refractivity contribution in [3.8, 4) is 5.75 Å². The molecule has 0 radical (unpaired) electrons. The maximum atomic E-state index is 13.8. The van der Waals surface area contributed by atoms with E-state index in [9.17, 15) is 4.39 Å². The fourth-order valence-electron chi connectivity index (χ4n) is 1.76. The van der Waals surface area contributed by atoms with Crippen molar-refractivity contribution >= 4 is 44.6 Å². The molecular formula is C15H15BrClFN2O. The molecule has 2 aromatic rings. The third-order valence-corrected chi connectivity index (χ3v) is 3.49. The smallest absolute Gasteiger partial charge is 0.167 e. The second-order valence-electron chi connectivity index (χ2n) is 4.79. The molecule has 0 saturated heterocycles. The van der Waals surface area contributed by atoms with Gasteiger partial charge in [0.2, 0.25) is 0 Å². The second kappa shape index (κ2) is 6.54. The van der Waals surface area contributed by atoms with Crippen LogP contribution in [0.25, 0.3) is 0 Å². The molecule has 2 rings (SSSR count). The molecule has 0 saturated carbocycles. The van der Waals surface area contributed by atoms with E-state index >= 15 is 0 Å². The van der Waals surface area contributed by atoms with Gasteiger partial charge in [-0.25, -0.2) is 4.39 Å². The number of anilines is 3. The standard InChI is InChI=1S/C15H15BrClFN2O/c1-8(2)21-15-7-14(12(19)6-11(15)18)20-13-5-9(16)3-4-10(13)17/h3-8,20H,19H2,1-2H3. The first kappa shape index (κ1) is 15.9. The Bertz CT molecular complexity index is 664. The van der Waals surface area contributed by atoms with E-state index in [4.69, 9.17) is 22.1 Å². The van der Waals surface area contributed by atoms with Crippen molar-refractivity contribution < 1.29 is 9.13 Å². The lowest BCUT2D eigenvalue weighted by atomic mass is 10.2. The van der Waals surface area contributed by atoms with Crippen LogP contribution in [0.4, 0.5) is 21.5 Å². The van der Waals surface area contributed by atoms with Gasteiger partial charge in [0.05, 0.1) is 28.2 Å². The minimum atomic E-state index is -0.493. The average molecular weight is 374 g/mol. The summed E-state index contributed by atoms with van der Waals surface area (Å²) < 4.78 is 20.1. The number of nitrogens with one attached hydrogen (secondary N) is 1. The molecule has 0 unspecified atom stereocenters. The van der Waals surface area contributed by atoms with Crippen LogP contribution in [0.2, 0.25) is 5.02 Å². The first-order valence-electron chi connectivity index (χ1n) is 6.34. The fraction of sp³-hybridized carbons (Fsp3) is 0.200. The number of rotatable bonds is 4. The molecule has 0 heterocycles. The van der Waals surface area contributed by atoms with Gasteiger partial charge in [0, 0.05) is 16.6 Å². The van der Waals surface area contributed by atoms with Gasteiger partial charge in [-0.15, -0.1) is 0 Å². The predicted molar refractivity (Wildman–Crippen MR) is 89.0 cm³/mol. The Morgan fingerprint density at radius 1 is 1.24 bits per heavy atom. The number of ether oxygens (including phenoxy) is 1. The molecule has 0 aliphatic carbocycles. The van der Waals surface area contributed by atoms with Crippen molar-refractivity contribution in [2.45, 2.75) is 20.0 Å². The van der Waals surface area contributed by atoms with Gasteiger partial charge in [0.25, 0.3) is 0 Å². The molecule has 0 bridgehead atoms. The molecule has 0 spiro atoms. The van der Waals surface area contributed by atoms with E-state index in [1.54, 1.807) is 6.07 Å². The Labute approximate surface area is 136 Å². The van der Waals surface area contributed by atoms with Crippen molar-refractivity contribution in [3.63, 3.8) is 0 Å². The molecule has 21 heavy (non-hydrogen) atoms. The molecule has 0 aliphatic heterocycles. The topological polar surface area (TPSA) is 47.3 Å². The van der Waals surface area contributed by atoms with E-state index in [0.717, 1.165) is 4.47 Å². The van der Waals surface area contributed by atoms with Crippen molar-refractivity contribution in [2.24, 2.45) is 0 Å². The number of nitrogens with two attached hydrogens (primary N) is 1. The third kappa shape index (κ3) is 4.02. The summed E-state index contributed by atoms with van der Waals surface area (Å²) in [5.41, 5.74) is 7.32. The molecule has 0 aromatic heterocycles. The van der Waals surface area contributed by atoms with Crippen molar-refractivity contribution in [2.75, 3.05) is 11.1 Å². The first-order valence-corrected chi connectivity index (χ1v) is 7.51. The highest BCUT2D eigenvalue weighted by molar-refractivity contribution is 9.10. The Kier molecular flexibility index (Phi) is 4.96. The molecule has 112 valence electrons. The van der Waals surface area contributed by atoms with Crippen LogP contribution in [0, 0.1) is 5.82 Å². The second-order valence-corrected chi connectivity index (χ2v) is 6.11. The van der Waals surface area contributed by atoms with Gasteiger partial charge in [0.1, 0.15) is 0 Å². The number of benzene rings is 2. The van der Waals surface area contributed by atoms with Crippen LogP contribution in [0.1, 0.15) is 13.8 Å². The van der Waals surface area contributed by atoms with Gasteiger partial charge in [-0.2, -0.15) is 0 Å². The van der Waals surface area contributed by atoms with Crippen LogP contribution in [0.3, 0.4) is 0 Å².